The Balaban J connectivity index is 1.27. The Morgan fingerprint density at radius 2 is 1.80 bits per heavy atom. The third-order valence-corrected chi connectivity index (χ3v) is 10.0. The summed E-state index contributed by atoms with van der Waals surface area (Å²) < 4.78 is 16.5. The number of nitrogens with one attached hydrogen (secondary N) is 2. The number of nitrogens with zero attached hydrogens (tertiary/aromatic N) is 1. The Labute approximate surface area is 290 Å². The molecule has 0 bridgehead atoms. The van der Waals surface area contributed by atoms with E-state index in [9.17, 15) is 24.0 Å². The number of benzene rings is 2. The van der Waals surface area contributed by atoms with Gasteiger partial charge in [0.15, 0.2) is 11.5 Å². The van der Waals surface area contributed by atoms with Crippen LogP contribution in [0.25, 0.3) is 5.70 Å². The molecule has 50 heavy (non-hydrogen) atoms. The summed E-state index contributed by atoms with van der Waals surface area (Å²) in [6, 6.07) is 12.5. The molecule has 4 aliphatic rings. The number of rotatable bonds is 12. The largest absolute Gasteiger partial charge is 0.461 e. The number of nitrogens with two attached hydrogens (primary N) is 1. The molecule has 0 radical (unpaired) electrons. The Bertz CT molecular complexity index is 1680. The van der Waals surface area contributed by atoms with E-state index in [1.165, 1.54) is 4.90 Å². The van der Waals surface area contributed by atoms with Crippen molar-refractivity contribution < 1.29 is 43.0 Å². The van der Waals surface area contributed by atoms with Gasteiger partial charge in [0.25, 0.3) is 5.91 Å². The molecule has 1 saturated heterocycles. The van der Waals surface area contributed by atoms with Gasteiger partial charge in [-0.3, -0.25) is 34.3 Å². The number of ketones is 1. The van der Waals surface area contributed by atoms with E-state index in [1.54, 1.807) is 6.07 Å². The van der Waals surface area contributed by atoms with Crippen molar-refractivity contribution in [2.24, 2.45) is 23.0 Å². The van der Waals surface area contributed by atoms with Crippen LogP contribution < -0.4 is 26.0 Å². The number of likely N-dealkylation sites (tertiary alicyclic amines) is 1. The number of carbonyl (C=O) groups is 5. The van der Waals surface area contributed by atoms with Gasteiger partial charge in [-0.05, 0) is 47.6 Å². The summed E-state index contributed by atoms with van der Waals surface area (Å²) in [5.74, 6) is -3.09. The fraction of sp³-hybridized carbons (Fsp3) is 0.486. The molecule has 4 N–H and O–H groups in total. The first-order valence-electron chi connectivity index (χ1n) is 17.0. The van der Waals surface area contributed by atoms with Crippen molar-refractivity contribution in [1.82, 2.24) is 15.7 Å². The van der Waals surface area contributed by atoms with Crippen LogP contribution in [-0.2, 0) is 40.2 Å². The highest BCUT2D eigenvalue weighted by molar-refractivity contribution is 6.37. The maximum Gasteiger partial charge on any atom is 0.306 e. The fourth-order valence-electron chi connectivity index (χ4n) is 6.89. The van der Waals surface area contributed by atoms with E-state index in [-0.39, 0.29) is 45.1 Å². The van der Waals surface area contributed by atoms with Gasteiger partial charge in [0.1, 0.15) is 18.2 Å². The Hall–Kier alpha value is -4.91. The molecule has 3 heterocycles. The molecule has 6 rings (SSSR count). The second-order valence-electron chi connectivity index (χ2n) is 14.7. The van der Waals surface area contributed by atoms with Crippen LogP contribution in [0, 0.1) is 17.3 Å². The summed E-state index contributed by atoms with van der Waals surface area (Å²) in [5.41, 5.74) is 8.68. The molecule has 2 aromatic rings. The van der Waals surface area contributed by atoms with Crippen molar-refractivity contribution in [3.63, 3.8) is 0 Å². The van der Waals surface area contributed by atoms with Crippen LogP contribution >= 0.6 is 0 Å². The van der Waals surface area contributed by atoms with Gasteiger partial charge in [0.2, 0.25) is 24.4 Å². The maximum absolute atomic E-state index is 14.6. The lowest BCUT2D eigenvalue weighted by atomic mass is 9.77. The molecule has 266 valence electrons. The zero-order valence-corrected chi connectivity index (χ0v) is 28.6. The van der Waals surface area contributed by atoms with Crippen LogP contribution in [0.1, 0.15) is 70.4 Å². The minimum atomic E-state index is -1.13. The van der Waals surface area contributed by atoms with E-state index >= 15 is 0 Å². The molecule has 2 aromatic carbocycles. The zero-order chi connectivity index (χ0) is 35.6. The molecule has 13 nitrogen and oxygen atoms in total. The van der Waals surface area contributed by atoms with Crippen molar-refractivity contribution in [3.8, 4) is 11.5 Å². The Morgan fingerprint density at radius 1 is 1.06 bits per heavy atom. The molecule has 0 unspecified atom stereocenters. The highest BCUT2D eigenvalue weighted by Crippen LogP contribution is 2.42. The summed E-state index contributed by atoms with van der Waals surface area (Å²) in [4.78, 5) is 74.2. The van der Waals surface area contributed by atoms with Gasteiger partial charge in [-0.1, -0.05) is 70.4 Å². The number of ether oxygens (including phenoxy) is 3. The van der Waals surface area contributed by atoms with E-state index in [0.717, 1.165) is 30.4 Å². The fourth-order valence-corrected chi connectivity index (χ4v) is 6.89. The van der Waals surface area contributed by atoms with Gasteiger partial charge < -0.3 is 30.2 Å². The van der Waals surface area contributed by atoms with Crippen LogP contribution in [0.5, 0.6) is 11.5 Å². The van der Waals surface area contributed by atoms with Gasteiger partial charge in [-0.25, -0.2) is 0 Å². The predicted octanol–water partition coefficient (Wildman–Crippen LogP) is 3.16. The molecule has 4 atom stereocenters. The standard InChI is InChI=1S/C37H44N4O9/c1-36(2,3)25(16-31(42)47-19-23-8-5-4-6-9-23)35(46)41-20-37(17-27(40-50-37)24-12-13-29-30(15-24)49-21-48-29)18-28(41)34(45)39-26(32(43)33(38)44)14-22-10-7-11-22/h4-6,8-9,12-13,15,17,22,25-26,28,40H,7,10-11,14,16,18-21H2,1-3H3,(H2,38,44)(H,39,45)/t25-,26+,28+,37-/m1/s1. The van der Waals surface area contributed by atoms with E-state index in [2.05, 4.69) is 10.8 Å². The second-order valence-corrected chi connectivity index (χ2v) is 14.7. The average molecular weight is 689 g/mol. The van der Waals surface area contributed by atoms with Crippen molar-refractivity contribution >= 4 is 35.2 Å². The normalized spacial score (nSPS) is 22.3. The third kappa shape index (κ3) is 7.62. The first-order chi connectivity index (χ1) is 23.8. The van der Waals surface area contributed by atoms with Crippen LogP contribution in [-0.4, -0.2) is 65.4 Å². The minimum Gasteiger partial charge on any atom is -0.461 e. The highest BCUT2D eigenvalue weighted by Gasteiger charge is 2.54. The van der Waals surface area contributed by atoms with E-state index < -0.39 is 58.5 Å². The molecule has 3 amide bonds. The van der Waals surface area contributed by atoms with Crippen LogP contribution in [0.3, 0.4) is 0 Å². The molecular formula is C37H44N4O9. The number of hydrogen-bond acceptors (Lipinski definition) is 10. The van der Waals surface area contributed by atoms with Gasteiger partial charge in [0.05, 0.1) is 30.6 Å². The summed E-state index contributed by atoms with van der Waals surface area (Å²) >= 11 is 0. The molecule has 1 saturated carbocycles. The lowest BCUT2D eigenvalue weighted by Gasteiger charge is -2.35. The van der Waals surface area contributed by atoms with Gasteiger partial charge in [0, 0.05) is 12.0 Å². The van der Waals surface area contributed by atoms with Crippen molar-refractivity contribution in [2.45, 2.75) is 83.6 Å². The predicted molar refractivity (Wildman–Crippen MR) is 180 cm³/mol. The second kappa shape index (κ2) is 14.1. The number of carbonyl (C=O) groups excluding carboxylic acids is 5. The first kappa shape index (κ1) is 34.9. The molecule has 0 aromatic heterocycles. The maximum atomic E-state index is 14.6. The number of fused-ring (bicyclic) bond motifs is 1. The summed E-state index contributed by atoms with van der Waals surface area (Å²) in [7, 11) is 0. The third-order valence-electron chi connectivity index (χ3n) is 10.0. The minimum absolute atomic E-state index is 0.0202. The van der Waals surface area contributed by atoms with Crippen molar-refractivity contribution in [2.75, 3.05) is 13.3 Å². The molecule has 1 spiro atoms. The Morgan fingerprint density at radius 3 is 2.48 bits per heavy atom. The number of Topliss-reactive ketones (excluding diaryl/α,β-unsaturated/α-hetero) is 1. The molecule has 2 fully saturated rings. The molecule has 13 heteroatoms. The van der Waals surface area contributed by atoms with E-state index in [1.807, 2.05) is 69.3 Å². The zero-order valence-electron chi connectivity index (χ0n) is 28.6. The van der Waals surface area contributed by atoms with Crippen molar-refractivity contribution in [3.05, 3.63) is 65.7 Å². The number of amides is 3. The van der Waals surface area contributed by atoms with Crippen LogP contribution in [0.2, 0.25) is 0 Å². The number of hydrogen-bond donors (Lipinski definition) is 3. The van der Waals surface area contributed by atoms with E-state index in [0.29, 0.717) is 17.2 Å². The van der Waals surface area contributed by atoms with Gasteiger partial charge in [-0.15, -0.1) is 0 Å². The van der Waals surface area contributed by atoms with Gasteiger partial charge in [-0.2, -0.15) is 0 Å². The number of hydroxylamine groups is 1. The molecule has 1 aliphatic carbocycles. The number of esters is 1. The SMILES string of the molecule is CC(C)(C)[C@H](CC(=O)OCc1ccccc1)C(=O)N1C[C@@]2(C=C(c3ccc4c(c3)OCO4)NO2)C[C@H]1C(=O)N[C@@H](CC1CCC1)C(=O)C(N)=O. The summed E-state index contributed by atoms with van der Waals surface area (Å²) in [5, 5.41) is 2.76. The lowest BCUT2D eigenvalue weighted by molar-refractivity contribution is -0.154. The van der Waals surface area contributed by atoms with Crippen LogP contribution in [0.4, 0.5) is 0 Å². The topological polar surface area (TPSA) is 176 Å². The molecule has 3 aliphatic heterocycles. The Kier molecular flexibility index (Phi) is 9.88. The summed E-state index contributed by atoms with van der Waals surface area (Å²) in [6.45, 7) is 5.72. The highest BCUT2D eigenvalue weighted by atomic mass is 16.7. The molecular weight excluding hydrogens is 644 g/mol. The monoisotopic (exact) mass is 688 g/mol. The average Bonchev–Trinajstić information content (AvgIpc) is 3.81. The van der Waals surface area contributed by atoms with Crippen LogP contribution in [0.15, 0.2) is 54.6 Å². The number of primary amides is 1. The quantitative estimate of drug-likeness (QED) is 0.222. The first-order valence-corrected chi connectivity index (χ1v) is 17.0. The van der Waals surface area contributed by atoms with E-state index in [4.69, 9.17) is 24.8 Å². The van der Waals surface area contributed by atoms with Gasteiger partial charge >= 0.3 is 5.97 Å². The summed E-state index contributed by atoms with van der Waals surface area (Å²) in [6.07, 6.45) is 4.72. The van der Waals surface area contributed by atoms with Crippen molar-refractivity contribution in [1.29, 1.82) is 0 Å². The lowest BCUT2D eigenvalue weighted by Crippen LogP contribution is -2.55. The smallest absolute Gasteiger partial charge is 0.306 e.